The first-order chi connectivity index (χ1) is 15.5. The first-order valence-electron chi connectivity index (χ1n) is 10.6. The minimum atomic E-state index is -0.985. The van der Waals surface area contributed by atoms with E-state index in [2.05, 4.69) is 10.4 Å². The maximum atomic E-state index is 13.8. The predicted octanol–water partition coefficient (Wildman–Crippen LogP) is 3.54. The molecule has 166 valence electrons. The topological polar surface area (TPSA) is 73.2 Å². The minimum Gasteiger partial charge on any atom is -0.464 e. The highest BCUT2D eigenvalue weighted by molar-refractivity contribution is 5.97. The molecule has 0 saturated heterocycles. The van der Waals surface area contributed by atoms with Gasteiger partial charge < -0.3 is 10.1 Å². The highest BCUT2D eigenvalue weighted by atomic mass is 19.2. The van der Waals surface area contributed by atoms with E-state index >= 15 is 0 Å². The first-order valence-corrected chi connectivity index (χ1v) is 10.6. The summed E-state index contributed by atoms with van der Waals surface area (Å²) in [5.74, 6) is -2.96. The number of amides is 1. The van der Waals surface area contributed by atoms with Gasteiger partial charge in [-0.3, -0.25) is 4.79 Å². The molecular formula is C24H23F2N3O3. The van der Waals surface area contributed by atoms with Gasteiger partial charge in [-0.2, -0.15) is 5.10 Å². The summed E-state index contributed by atoms with van der Waals surface area (Å²) in [6.45, 7) is 1.90. The van der Waals surface area contributed by atoms with E-state index in [0.29, 0.717) is 18.5 Å². The van der Waals surface area contributed by atoms with Crippen molar-refractivity contribution in [2.45, 2.75) is 38.6 Å². The number of aromatic nitrogens is 2. The number of fused-ring (bicyclic) bond motifs is 1. The Labute approximate surface area is 184 Å². The van der Waals surface area contributed by atoms with Crippen LogP contribution in [0.15, 0.2) is 48.5 Å². The zero-order chi connectivity index (χ0) is 22.7. The van der Waals surface area contributed by atoms with Crippen molar-refractivity contribution in [1.29, 1.82) is 0 Å². The smallest absolute Gasteiger partial charge is 0.328 e. The molecule has 8 heteroatoms. The second kappa shape index (κ2) is 9.30. The molecule has 1 atom stereocenters. The molecular weight excluding hydrogens is 416 g/mol. The van der Waals surface area contributed by atoms with E-state index in [-0.39, 0.29) is 18.7 Å². The standard InChI is InChI=1S/C24H23F2N3O3/c1-2-32-24(31)20(13-15-7-4-3-5-8-15)27-23(30)22-17-9-6-10-21(17)29(28-22)16-11-12-18(25)19(26)14-16/h3-5,7-8,11-12,14,20H,2,6,9-10,13H2,1H3,(H,27,30). The Bertz CT molecular complexity index is 1140. The largest absolute Gasteiger partial charge is 0.464 e. The number of esters is 1. The summed E-state index contributed by atoms with van der Waals surface area (Å²) in [6.07, 6.45) is 2.41. The van der Waals surface area contributed by atoms with E-state index < -0.39 is 29.6 Å². The van der Waals surface area contributed by atoms with Gasteiger partial charge in [0.05, 0.1) is 12.3 Å². The van der Waals surface area contributed by atoms with E-state index in [9.17, 15) is 18.4 Å². The molecule has 0 bridgehead atoms. The van der Waals surface area contributed by atoms with Crippen molar-refractivity contribution in [3.63, 3.8) is 0 Å². The van der Waals surface area contributed by atoms with Crippen LogP contribution in [0, 0.1) is 11.6 Å². The van der Waals surface area contributed by atoms with Crippen LogP contribution in [0.5, 0.6) is 0 Å². The van der Waals surface area contributed by atoms with Crippen LogP contribution >= 0.6 is 0 Å². The van der Waals surface area contributed by atoms with Crippen LogP contribution in [0.1, 0.15) is 40.7 Å². The van der Waals surface area contributed by atoms with Crippen molar-refractivity contribution in [1.82, 2.24) is 15.1 Å². The van der Waals surface area contributed by atoms with E-state index in [1.54, 1.807) is 6.92 Å². The van der Waals surface area contributed by atoms with Crippen molar-refractivity contribution in [2.75, 3.05) is 6.61 Å². The van der Waals surface area contributed by atoms with Gasteiger partial charge in [-0.1, -0.05) is 30.3 Å². The molecule has 1 aliphatic rings. The fourth-order valence-electron chi connectivity index (χ4n) is 3.96. The molecule has 0 saturated carbocycles. The molecule has 0 spiro atoms. The Morgan fingerprint density at radius 3 is 2.62 bits per heavy atom. The molecule has 1 heterocycles. The maximum absolute atomic E-state index is 13.8. The average Bonchev–Trinajstić information content (AvgIpc) is 3.39. The fraction of sp³-hybridized carbons (Fsp3) is 0.292. The summed E-state index contributed by atoms with van der Waals surface area (Å²) in [5.41, 5.74) is 2.95. The fourth-order valence-corrected chi connectivity index (χ4v) is 3.96. The monoisotopic (exact) mass is 439 g/mol. The van der Waals surface area contributed by atoms with Gasteiger partial charge in [0.15, 0.2) is 17.3 Å². The third kappa shape index (κ3) is 4.39. The molecule has 1 unspecified atom stereocenters. The van der Waals surface area contributed by atoms with Crippen molar-refractivity contribution >= 4 is 11.9 Å². The molecule has 3 aromatic rings. The third-order valence-corrected chi connectivity index (χ3v) is 5.45. The number of rotatable bonds is 7. The molecule has 4 rings (SSSR count). The zero-order valence-corrected chi connectivity index (χ0v) is 17.6. The number of halogens is 2. The molecule has 1 N–H and O–H groups in total. The second-order valence-electron chi connectivity index (χ2n) is 7.61. The Balaban J connectivity index is 1.63. The van der Waals surface area contributed by atoms with Gasteiger partial charge in [-0.25, -0.2) is 18.3 Å². The number of benzene rings is 2. The average molecular weight is 439 g/mol. The number of carbonyl (C=O) groups is 2. The molecule has 6 nitrogen and oxygen atoms in total. The lowest BCUT2D eigenvalue weighted by Crippen LogP contribution is -2.43. The Morgan fingerprint density at radius 2 is 1.91 bits per heavy atom. The van der Waals surface area contributed by atoms with Gasteiger partial charge >= 0.3 is 5.97 Å². The highest BCUT2D eigenvalue weighted by Gasteiger charge is 2.30. The molecule has 0 fully saturated rings. The summed E-state index contributed by atoms with van der Waals surface area (Å²) in [4.78, 5) is 25.7. The molecule has 1 aromatic heterocycles. The van der Waals surface area contributed by atoms with Gasteiger partial charge in [-0.05, 0) is 43.9 Å². The summed E-state index contributed by atoms with van der Waals surface area (Å²) >= 11 is 0. The van der Waals surface area contributed by atoms with E-state index in [1.807, 2.05) is 30.3 Å². The number of carbonyl (C=O) groups excluding carboxylic acids is 2. The number of ether oxygens (including phenoxy) is 1. The number of nitrogens with one attached hydrogen (secondary N) is 1. The van der Waals surface area contributed by atoms with Crippen LogP contribution in [0.3, 0.4) is 0 Å². The highest BCUT2D eigenvalue weighted by Crippen LogP contribution is 2.28. The van der Waals surface area contributed by atoms with Gasteiger partial charge in [0.25, 0.3) is 5.91 Å². The second-order valence-corrected chi connectivity index (χ2v) is 7.61. The van der Waals surface area contributed by atoms with Gasteiger partial charge in [0.1, 0.15) is 6.04 Å². The lowest BCUT2D eigenvalue weighted by molar-refractivity contribution is -0.145. The Hall–Kier alpha value is -3.55. The predicted molar refractivity (Wildman–Crippen MR) is 114 cm³/mol. The van der Waals surface area contributed by atoms with E-state index in [1.165, 1.54) is 10.7 Å². The molecule has 1 aliphatic carbocycles. The SMILES string of the molecule is CCOC(=O)C(Cc1ccccc1)NC(=O)c1nn(-c2ccc(F)c(F)c2)c2c1CCC2. The zero-order valence-electron chi connectivity index (χ0n) is 17.6. The lowest BCUT2D eigenvalue weighted by atomic mass is 10.1. The number of nitrogens with zero attached hydrogens (tertiary/aromatic N) is 2. The van der Waals surface area contributed by atoms with Gasteiger partial charge in [0, 0.05) is 23.7 Å². The number of hydrogen-bond acceptors (Lipinski definition) is 4. The Morgan fingerprint density at radius 1 is 1.12 bits per heavy atom. The van der Waals surface area contributed by atoms with Crippen molar-refractivity contribution in [3.8, 4) is 5.69 Å². The van der Waals surface area contributed by atoms with Crippen molar-refractivity contribution in [3.05, 3.63) is 82.7 Å². The normalized spacial score (nSPS) is 13.5. The van der Waals surface area contributed by atoms with Crippen molar-refractivity contribution in [2.24, 2.45) is 0 Å². The lowest BCUT2D eigenvalue weighted by Gasteiger charge is -2.17. The molecule has 0 aliphatic heterocycles. The minimum absolute atomic E-state index is 0.185. The van der Waals surface area contributed by atoms with Crippen LogP contribution in [0.25, 0.3) is 5.69 Å². The van der Waals surface area contributed by atoms with Crippen LogP contribution in [-0.2, 0) is 28.8 Å². The third-order valence-electron chi connectivity index (χ3n) is 5.45. The maximum Gasteiger partial charge on any atom is 0.328 e. The summed E-state index contributed by atoms with van der Waals surface area (Å²) in [6, 6.07) is 11.9. The molecule has 1 amide bonds. The summed E-state index contributed by atoms with van der Waals surface area (Å²) in [5, 5.41) is 7.16. The molecule has 32 heavy (non-hydrogen) atoms. The quantitative estimate of drug-likeness (QED) is 0.572. The molecule has 0 radical (unpaired) electrons. The van der Waals surface area contributed by atoms with Gasteiger partial charge in [0.2, 0.25) is 0 Å². The first kappa shape index (κ1) is 21.7. The number of hydrogen-bond donors (Lipinski definition) is 1. The van der Waals surface area contributed by atoms with Crippen molar-refractivity contribution < 1.29 is 23.1 Å². The van der Waals surface area contributed by atoms with Crippen LogP contribution in [0.4, 0.5) is 8.78 Å². The summed E-state index contributed by atoms with van der Waals surface area (Å²) in [7, 11) is 0. The van der Waals surface area contributed by atoms with E-state index in [4.69, 9.17) is 4.74 Å². The Kier molecular flexibility index (Phi) is 6.30. The van der Waals surface area contributed by atoms with Crippen LogP contribution < -0.4 is 5.32 Å². The van der Waals surface area contributed by atoms with Crippen LogP contribution in [-0.4, -0.2) is 34.3 Å². The van der Waals surface area contributed by atoms with E-state index in [0.717, 1.165) is 35.4 Å². The van der Waals surface area contributed by atoms with Crippen LogP contribution in [0.2, 0.25) is 0 Å². The van der Waals surface area contributed by atoms with Gasteiger partial charge in [-0.15, -0.1) is 0 Å². The molecule has 2 aromatic carbocycles. The summed E-state index contributed by atoms with van der Waals surface area (Å²) < 4.78 is 33.8.